The Morgan fingerprint density at radius 3 is 0.905 bits per heavy atom. The topological polar surface area (TPSA) is 109 Å². The third kappa shape index (κ3) is 12.0. The normalized spacial score (nSPS) is 12.0. The summed E-state index contributed by atoms with van der Waals surface area (Å²) in [5.74, 6) is 2.42. The van der Waals surface area contributed by atoms with Crippen molar-refractivity contribution in [3.63, 3.8) is 0 Å². The number of nitrogens with zero attached hydrogens (tertiary/aromatic N) is 6. The maximum atomic E-state index is 5.57. The Labute approximate surface area is 510 Å². The zero-order valence-electron chi connectivity index (χ0n) is 49.0. The van der Waals surface area contributed by atoms with Gasteiger partial charge in [0.05, 0.1) is 0 Å². The smallest absolute Gasteiger partial charge is 0.164 e. The van der Waals surface area contributed by atoms with E-state index < -0.39 is 0 Å². The molecule has 84 heavy (non-hydrogen) atoms. The van der Waals surface area contributed by atoms with E-state index in [9.17, 15) is 0 Å². The van der Waals surface area contributed by atoms with Crippen molar-refractivity contribution in [1.29, 1.82) is 0 Å². The van der Waals surface area contributed by atoms with Gasteiger partial charge < -0.3 is 9.97 Å². The third-order valence-corrected chi connectivity index (χ3v) is 21.5. The number of benzene rings is 4. The quantitative estimate of drug-likeness (QED) is 0.0584. The van der Waals surface area contributed by atoms with Crippen molar-refractivity contribution < 1.29 is 0 Å². The maximum absolute atomic E-state index is 5.57. The van der Waals surface area contributed by atoms with Gasteiger partial charge >= 0.3 is 0 Å². The molecule has 13 rings (SSSR count). The molecule has 0 fully saturated rings. The molecule has 2 N–H and O–H groups in total. The lowest BCUT2D eigenvalue weighted by atomic mass is 10.0. The van der Waals surface area contributed by atoms with E-state index in [2.05, 4.69) is 159 Å². The number of thiophene rings is 4. The number of aromatic amines is 2. The van der Waals surface area contributed by atoms with Gasteiger partial charge in [-0.1, -0.05) is 129 Å². The predicted octanol–water partition coefficient (Wildman–Crippen LogP) is 22.3. The van der Waals surface area contributed by atoms with E-state index in [4.69, 9.17) is 29.9 Å². The van der Waals surface area contributed by atoms with Crippen molar-refractivity contribution in [1.82, 2.24) is 39.9 Å². The number of aromatic nitrogens is 8. The average Bonchev–Trinajstić information content (AvgIpc) is 3.73. The molecule has 2 aliphatic rings. The molecule has 8 bridgehead atoms. The highest BCUT2D eigenvalue weighted by atomic mass is 32.1. The van der Waals surface area contributed by atoms with Gasteiger partial charge in [0.1, 0.15) is 22.6 Å². The minimum Gasteiger partial charge on any atom is -0.324 e. The molecular weight excluding hydrogens is 1110 g/mol. The lowest BCUT2D eigenvalue weighted by Gasteiger charge is -2.03. The van der Waals surface area contributed by atoms with Crippen molar-refractivity contribution in [2.75, 3.05) is 0 Å². The summed E-state index contributed by atoms with van der Waals surface area (Å²) < 4.78 is 0. The molecule has 7 aromatic heterocycles. The first kappa shape index (κ1) is 56.2. The zero-order valence-corrected chi connectivity index (χ0v) is 52.3. The molecule has 0 unspecified atom stereocenters. The molecule has 0 aliphatic carbocycles. The summed E-state index contributed by atoms with van der Waals surface area (Å²) in [6.45, 7) is 9.10. The second-order valence-corrected chi connectivity index (χ2v) is 27.6. The van der Waals surface area contributed by atoms with Crippen LogP contribution in [0.15, 0.2) is 121 Å². The Hall–Kier alpha value is -6.96. The van der Waals surface area contributed by atoms with E-state index in [1.54, 1.807) is 0 Å². The van der Waals surface area contributed by atoms with Crippen LogP contribution in [-0.2, 0) is 25.7 Å². The van der Waals surface area contributed by atoms with Crippen molar-refractivity contribution in [3.8, 4) is 87.3 Å². The fourth-order valence-electron chi connectivity index (χ4n) is 12.0. The number of H-pyrrole nitrogens is 2. The van der Waals surface area contributed by atoms with Crippen LogP contribution < -0.4 is 0 Å². The number of rotatable bonds is 24. The first-order chi connectivity index (χ1) is 41.4. The number of hydrogen-bond donors (Lipinski definition) is 2. The predicted molar refractivity (Wildman–Crippen MR) is 361 cm³/mol. The first-order valence-electron chi connectivity index (χ1n) is 31.2. The minimum atomic E-state index is 0.603. The van der Waals surface area contributed by atoms with Crippen LogP contribution in [-0.4, -0.2) is 39.9 Å². The van der Waals surface area contributed by atoms with E-state index in [1.165, 1.54) is 142 Å². The molecule has 4 aromatic carbocycles. The van der Waals surface area contributed by atoms with Gasteiger partial charge in [0, 0.05) is 82.8 Å². The molecule has 9 heterocycles. The maximum Gasteiger partial charge on any atom is 0.164 e. The van der Waals surface area contributed by atoms with Crippen LogP contribution in [0.5, 0.6) is 0 Å². The molecule has 11 aromatic rings. The lowest BCUT2D eigenvalue weighted by molar-refractivity contribution is 0.670. The van der Waals surface area contributed by atoms with Gasteiger partial charge in [0.15, 0.2) is 23.3 Å². The van der Waals surface area contributed by atoms with E-state index in [0.717, 1.165) is 91.7 Å². The largest absolute Gasteiger partial charge is 0.324 e. The van der Waals surface area contributed by atoms with Crippen LogP contribution in [0.3, 0.4) is 0 Å². The number of fused-ring (bicyclic) bond motifs is 20. The average molecular weight is 1180 g/mol. The van der Waals surface area contributed by atoms with Crippen LogP contribution in [0.25, 0.3) is 131 Å². The van der Waals surface area contributed by atoms with Crippen LogP contribution >= 0.6 is 45.3 Å². The van der Waals surface area contributed by atoms with Crippen molar-refractivity contribution >= 4 is 89.5 Å². The summed E-state index contributed by atoms with van der Waals surface area (Å²) >= 11 is 7.58. The fraction of sp³-hybridized carbons (Fsp3) is 0.333. The van der Waals surface area contributed by atoms with Crippen LogP contribution in [0.2, 0.25) is 0 Å². The Bertz CT molecular complexity index is 4040. The summed E-state index contributed by atoms with van der Waals surface area (Å²) in [6, 6.07) is 45.3. The van der Waals surface area contributed by atoms with E-state index in [-0.39, 0.29) is 0 Å². The SMILES string of the molecule is CCCCCCc1ccc(-c2ccc3c(c2)-c2nc-3nc3[nH]c(nc4nc(nc5[nH]c(n2)c2cc(-c6ccc(CCCCCC)s6)ccc52)-c2ccc(-c5ccc(CCCCCC)s5)cc2-4)c2cc(-c4ccc(CCCCCC)s4)ccc32)s1. The van der Waals surface area contributed by atoms with Gasteiger partial charge in [-0.05, 0) is 171 Å². The number of hydrogen-bond acceptors (Lipinski definition) is 10. The molecule has 2 aliphatic heterocycles. The molecular formula is C72H74N8S4. The summed E-state index contributed by atoms with van der Waals surface area (Å²) in [7, 11) is 0. The molecule has 0 atom stereocenters. The van der Waals surface area contributed by atoms with Crippen LogP contribution in [0, 0.1) is 0 Å². The summed E-state index contributed by atoms with van der Waals surface area (Å²) in [5, 5.41) is 3.87. The van der Waals surface area contributed by atoms with E-state index in [1.807, 2.05) is 45.3 Å². The highest BCUT2D eigenvalue weighted by molar-refractivity contribution is 7.16. The van der Waals surface area contributed by atoms with E-state index in [0.29, 0.717) is 45.9 Å². The fourth-order valence-corrected chi connectivity index (χ4v) is 16.2. The summed E-state index contributed by atoms with van der Waals surface area (Å²) in [5.41, 5.74) is 11.1. The molecule has 0 radical (unpaired) electrons. The number of unbranched alkanes of at least 4 members (excludes halogenated alkanes) is 12. The van der Waals surface area contributed by atoms with Crippen molar-refractivity contribution in [2.24, 2.45) is 0 Å². The van der Waals surface area contributed by atoms with E-state index >= 15 is 0 Å². The second kappa shape index (κ2) is 25.7. The summed E-state index contributed by atoms with van der Waals surface area (Å²) in [6.07, 6.45) is 24.4. The highest BCUT2D eigenvalue weighted by Gasteiger charge is 2.25. The van der Waals surface area contributed by atoms with Gasteiger partial charge in [0.2, 0.25) is 0 Å². The Morgan fingerprint density at radius 1 is 0.274 bits per heavy atom. The zero-order chi connectivity index (χ0) is 56.9. The van der Waals surface area contributed by atoms with Crippen molar-refractivity contribution in [3.05, 3.63) is 141 Å². The third-order valence-electron chi connectivity index (χ3n) is 16.7. The standard InChI is InChI=1S/C72H74N8S4/c1-5-9-13-17-21-49-29-37-61(81-49)45-25-33-53-57(41-45)69-75-65(53)73-66-55-35-27-47(63-39-31-51(83-63)23-19-15-11-7-3)43-59(55)71(77-66)80-72-60-44-48(64-40-32-52(84-64)24-20-16-12-8-4)28-36-56(60)68(78-72)74-67-54-34-26-46(42-58(54)70(76-67)79-69)62-38-30-50(82-62)22-18-14-10-6-2/h25-44H,5-24H2,1-4H3,(H2,73,74,75,76,77,78,79,80). The van der Waals surface area contributed by atoms with Crippen molar-refractivity contribution in [2.45, 2.75) is 156 Å². The van der Waals surface area contributed by atoms with Gasteiger partial charge in [-0.2, -0.15) is 0 Å². The molecule has 12 heteroatoms. The summed E-state index contributed by atoms with van der Waals surface area (Å²) in [4.78, 5) is 51.2. The van der Waals surface area contributed by atoms with Gasteiger partial charge in [-0.15, -0.1) is 45.3 Å². The monoisotopic (exact) mass is 1180 g/mol. The molecule has 0 spiro atoms. The highest BCUT2D eigenvalue weighted by Crippen LogP contribution is 2.43. The minimum absolute atomic E-state index is 0.603. The number of aryl methyl sites for hydroxylation is 4. The molecule has 426 valence electrons. The van der Waals surface area contributed by atoms with Crippen LogP contribution in [0.1, 0.15) is 150 Å². The molecule has 0 saturated carbocycles. The van der Waals surface area contributed by atoms with Gasteiger partial charge in [0.25, 0.3) is 0 Å². The Kier molecular flexibility index (Phi) is 17.2. The lowest BCUT2D eigenvalue weighted by Crippen LogP contribution is -1.84. The van der Waals surface area contributed by atoms with Gasteiger partial charge in [-0.25, -0.2) is 29.9 Å². The number of nitrogens with one attached hydrogen (secondary N) is 2. The molecule has 8 nitrogen and oxygen atoms in total. The molecule has 0 amide bonds. The Morgan fingerprint density at radius 2 is 0.571 bits per heavy atom. The molecule has 0 saturated heterocycles. The first-order valence-corrected chi connectivity index (χ1v) is 34.4. The Balaban J connectivity index is 1.01. The second-order valence-electron chi connectivity index (χ2n) is 23.0. The van der Waals surface area contributed by atoms with Crippen LogP contribution in [0.4, 0.5) is 0 Å². The van der Waals surface area contributed by atoms with Gasteiger partial charge in [-0.3, -0.25) is 0 Å².